The van der Waals surface area contributed by atoms with Crippen molar-refractivity contribution in [3.8, 4) is 11.1 Å². The Hall–Kier alpha value is -3.18. The highest BCUT2D eigenvalue weighted by Crippen LogP contribution is 2.37. The number of fused-ring (bicyclic) bond motifs is 1. The molecule has 0 aliphatic carbocycles. The van der Waals surface area contributed by atoms with Gasteiger partial charge in [-0.2, -0.15) is 0 Å². The molecule has 0 amide bonds. The summed E-state index contributed by atoms with van der Waals surface area (Å²) in [7, 11) is 0. The number of nitrogens with zero attached hydrogens (tertiary/aromatic N) is 1. The number of carboxylic acids is 1. The lowest BCUT2D eigenvalue weighted by atomic mass is 10.0. The van der Waals surface area contributed by atoms with E-state index in [1.165, 1.54) is 18.2 Å². The Bertz CT molecular complexity index is 1060. The van der Waals surface area contributed by atoms with E-state index in [4.69, 9.17) is 5.11 Å². The summed E-state index contributed by atoms with van der Waals surface area (Å²) >= 11 is 0. The number of halogens is 1. The van der Waals surface area contributed by atoms with E-state index in [-0.39, 0.29) is 18.3 Å². The van der Waals surface area contributed by atoms with Crippen LogP contribution in [0.15, 0.2) is 66.8 Å². The number of aromatic nitrogens is 1. The van der Waals surface area contributed by atoms with Gasteiger partial charge >= 0.3 is 5.97 Å². The third-order valence-corrected chi connectivity index (χ3v) is 4.71. The number of rotatable bonds is 7. The van der Waals surface area contributed by atoms with Gasteiger partial charge in [-0.15, -0.1) is 0 Å². The molecule has 0 bridgehead atoms. The first-order valence-corrected chi connectivity index (χ1v) is 9.53. The molecule has 29 heavy (non-hydrogen) atoms. The molecule has 1 unspecified atom stereocenters. The number of aliphatic hydroxyl groups is 1. The number of hydrogen-bond donors (Lipinski definition) is 2. The summed E-state index contributed by atoms with van der Waals surface area (Å²) in [6, 6.07) is 14.6. The fourth-order valence-electron chi connectivity index (χ4n) is 3.51. The minimum Gasteiger partial charge on any atom is -0.478 e. The van der Waals surface area contributed by atoms with Crippen molar-refractivity contribution < 1.29 is 19.4 Å². The molecule has 0 saturated heterocycles. The smallest absolute Gasteiger partial charge is 0.327 e. The van der Waals surface area contributed by atoms with E-state index in [1.807, 2.05) is 30.3 Å². The Kier molecular flexibility index (Phi) is 6.29. The van der Waals surface area contributed by atoms with Crippen molar-refractivity contribution >= 4 is 22.9 Å². The van der Waals surface area contributed by atoms with Gasteiger partial charge in [-0.3, -0.25) is 0 Å². The maximum atomic E-state index is 13.5. The molecule has 4 nitrogen and oxygen atoms in total. The summed E-state index contributed by atoms with van der Waals surface area (Å²) in [5.74, 6) is -1.33. The van der Waals surface area contributed by atoms with Gasteiger partial charge in [0.25, 0.3) is 0 Å². The summed E-state index contributed by atoms with van der Waals surface area (Å²) in [6.07, 6.45) is 5.36. The molecule has 1 heterocycles. The molecule has 2 N–H and O–H groups in total. The lowest BCUT2D eigenvalue weighted by Crippen LogP contribution is -2.04. The lowest BCUT2D eigenvalue weighted by molar-refractivity contribution is -0.131. The Morgan fingerprint density at radius 1 is 1.14 bits per heavy atom. The lowest BCUT2D eigenvalue weighted by Gasteiger charge is -2.14. The largest absolute Gasteiger partial charge is 0.478 e. The first kappa shape index (κ1) is 20.6. The highest BCUT2D eigenvalue weighted by molar-refractivity contribution is 6.01. The van der Waals surface area contributed by atoms with Gasteiger partial charge in [0, 0.05) is 34.3 Å². The molecule has 0 aliphatic rings. The second-order valence-corrected chi connectivity index (χ2v) is 7.15. The average Bonchev–Trinajstić information content (AvgIpc) is 3.01. The standard InChI is InChI=1S/C24H24FNO3/c1-16(2)26-21-8-4-3-7-20(21)24(17-10-12-18(25)13-11-17)22(26)15-14-19(27)6-5-9-23(28)29/h3-5,7-16,19,27H,6H2,1-2H3,(H,28,29)/b9-5+,15-14+. The van der Waals surface area contributed by atoms with Crippen molar-refractivity contribution in [1.82, 2.24) is 4.57 Å². The van der Waals surface area contributed by atoms with Gasteiger partial charge in [0.2, 0.25) is 0 Å². The van der Waals surface area contributed by atoms with Crippen molar-refractivity contribution in [2.24, 2.45) is 0 Å². The highest BCUT2D eigenvalue weighted by atomic mass is 19.1. The fraction of sp³-hybridized carbons (Fsp3) is 0.208. The molecule has 3 aromatic rings. The number of aliphatic carboxylic acids is 1. The van der Waals surface area contributed by atoms with Crippen LogP contribution in [0.5, 0.6) is 0 Å². The van der Waals surface area contributed by atoms with E-state index in [2.05, 4.69) is 18.4 Å². The molecule has 0 fully saturated rings. The number of benzene rings is 2. The van der Waals surface area contributed by atoms with Crippen molar-refractivity contribution in [2.75, 3.05) is 0 Å². The summed E-state index contributed by atoms with van der Waals surface area (Å²) in [6.45, 7) is 4.18. The molecule has 1 atom stereocenters. The molecule has 150 valence electrons. The highest BCUT2D eigenvalue weighted by Gasteiger charge is 2.18. The molecule has 0 aliphatic heterocycles. The molecular weight excluding hydrogens is 369 g/mol. The molecule has 3 rings (SSSR count). The van der Waals surface area contributed by atoms with Crippen LogP contribution in [-0.4, -0.2) is 26.9 Å². The molecule has 5 heteroatoms. The zero-order valence-corrected chi connectivity index (χ0v) is 16.4. The van der Waals surface area contributed by atoms with Gasteiger partial charge in [0.05, 0.1) is 6.10 Å². The van der Waals surface area contributed by atoms with Crippen LogP contribution in [0.2, 0.25) is 0 Å². The number of carbonyl (C=O) groups is 1. The summed E-state index contributed by atoms with van der Waals surface area (Å²) in [5.41, 5.74) is 3.83. The topological polar surface area (TPSA) is 62.5 Å². The van der Waals surface area contributed by atoms with E-state index in [0.29, 0.717) is 0 Å². The van der Waals surface area contributed by atoms with E-state index < -0.39 is 12.1 Å². The van der Waals surface area contributed by atoms with Crippen molar-refractivity contribution in [2.45, 2.75) is 32.4 Å². The van der Waals surface area contributed by atoms with Gasteiger partial charge in [0.15, 0.2) is 0 Å². The van der Waals surface area contributed by atoms with Crippen LogP contribution in [0.25, 0.3) is 28.1 Å². The maximum Gasteiger partial charge on any atom is 0.327 e. The van der Waals surface area contributed by atoms with E-state index in [0.717, 1.165) is 33.8 Å². The van der Waals surface area contributed by atoms with Gasteiger partial charge in [-0.1, -0.05) is 42.5 Å². The molecular formula is C24H24FNO3. The second-order valence-electron chi connectivity index (χ2n) is 7.15. The normalized spacial score (nSPS) is 13.1. The van der Waals surface area contributed by atoms with E-state index in [1.54, 1.807) is 18.2 Å². The van der Waals surface area contributed by atoms with Crippen LogP contribution in [0.3, 0.4) is 0 Å². The summed E-state index contributed by atoms with van der Waals surface area (Å²) < 4.78 is 15.7. The van der Waals surface area contributed by atoms with Crippen molar-refractivity contribution in [3.63, 3.8) is 0 Å². The van der Waals surface area contributed by atoms with Crippen molar-refractivity contribution in [3.05, 3.63) is 78.3 Å². The third kappa shape index (κ3) is 4.63. The molecule has 1 aromatic heterocycles. The molecule has 0 spiro atoms. The van der Waals surface area contributed by atoms with Crippen LogP contribution in [-0.2, 0) is 4.79 Å². The Morgan fingerprint density at radius 2 is 1.83 bits per heavy atom. The Morgan fingerprint density at radius 3 is 2.48 bits per heavy atom. The van der Waals surface area contributed by atoms with Gasteiger partial charge < -0.3 is 14.8 Å². The van der Waals surface area contributed by atoms with Crippen LogP contribution >= 0.6 is 0 Å². The fourth-order valence-corrected chi connectivity index (χ4v) is 3.51. The number of hydrogen-bond acceptors (Lipinski definition) is 2. The van der Waals surface area contributed by atoms with Crippen LogP contribution in [0.1, 0.15) is 32.0 Å². The van der Waals surface area contributed by atoms with Gasteiger partial charge in [-0.05, 0) is 50.1 Å². The zero-order valence-electron chi connectivity index (χ0n) is 16.4. The number of carboxylic acid groups (broad SMARTS) is 1. The monoisotopic (exact) mass is 393 g/mol. The molecule has 0 radical (unpaired) electrons. The predicted octanol–water partition coefficient (Wildman–Crippen LogP) is 5.43. The van der Waals surface area contributed by atoms with Crippen molar-refractivity contribution in [1.29, 1.82) is 0 Å². The van der Waals surface area contributed by atoms with Crippen LogP contribution in [0.4, 0.5) is 4.39 Å². The third-order valence-electron chi connectivity index (χ3n) is 4.71. The first-order chi connectivity index (χ1) is 13.9. The quantitative estimate of drug-likeness (QED) is 0.526. The number of para-hydroxylation sites is 1. The second kappa shape index (κ2) is 8.88. The molecule has 0 saturated carbocycles. The predicted molar refractivity (Wildman–Crippen MR) is 114 cm³/mol. The molecule has 2 aromatic carbocycles. The minimum absolute atomic E-state index is 0.165. The van der Waals surface area contributed by atoms with Crippen LogP contribution < -0.4 is 0 Å². The van der Waals surface area contributed by atoms with Gasteiger partial charge in [0.1, 0.15) is 5.82 Å². The first-order valence-electron chi connectivity index (χ1n) is 9.53. The zero-order chi connectivity index (χ0) is 21.0. The number of aliphatic hydroxyl groups excluding tert-OH is 1. The summed E-state index contributed by atoms with van der Waals surface area (Å²) in [5, 5.41) is 20.0. The van der Waals surface area contributed by atoms with Crippen LogP contribution in [0, 0.1) is 5.82 Å². The minimum atomic E-state index is -1.04. The SMILES string of the molecule is CC(C)n1c(/C=C/C(O)C/C=C/C(=O)O)c(-c2ccc(F)cc2)c2ccccc21. The Balaban J connectivity index is 2.12. The Labute approximate surface area is 169 Å². The van der Waals surface area contributed by atoms with E-state index >= 15 is 0 Å². The maximum absolute atomic E-state index is 13.5. The average molecular weight is 393 g/mol. The summed E-state index contributed by atoms with van der Waals surface area (Å²) in [4.78, 5) is 10.6. The van der Waals surface area contributed by atoms with Gasteiger partial charge in [-0.25, -0.2) is 9.18 Å². The van der Waals surface area contributed by atoms with E-state index in [9.17, 15) is 14.3 Å².